The fraction of sp³-hybridized carbons (Fsp3) is 0.348. The number of nitrogens with zero attached hydrogens (tertiary/aromatic N) is 1. The average molecular weight is 376 g/mol. The molecule has 2 fully saturated rings. The molecule has 5 nitrogen and oxygen atoms in total. The zero-order chi connectivity index (χ0) is 19.8. The summed E-state index contributed by atoms with van der Waals surface area (Å²) in [6.45, 7) is 3.96. The highest BCUT2D eigenvalue weighted by atomic mass is 16.2. The summed E-state index contributed by atoms with van der Waals surface area (Å²) in [5.41, 5.74) is 3.77. The van der Waals surface area contributed by atoms with E-state index in [1.54, 1.807) is 24.3 Å². The van der Waals surface area contributed by atoms with Crippen molar-refractivity contribution in [3.05, 3.63) is 59.2 Å². The number of carbonyl (C=O) groups is 3. The molecule has 2 atom stereocenters. The number of benzene rings is 2. The van der Waals surface area contributed by atoms with Gasteiger partial charge in [-0.3, -0.25) is 19.3 Å². The molecule has 2 aliphatic rings. The fourth-order valence-corrected chi connectivity index (χ4v) is 4.45. The molecule has 3 amide bonds. The number of fused-ring (bicyclic) bond motifs is 1. The number of rotatable bonds is 3. The number of anilines is 2. The van der Waals surface area contributed by atoms with Crippen LogP contribution in [0.5, 0.6) is 0 Å². The van der Waals surface area contributed by atoms with Crippen molar-refractivity contribution < 1.29 is 14.4 Å². The largest absolute Gasteiger partial charge is 0.322 e. The Labute approximate surface area is 164 Å². The van der Waals surface area contributed by atoms with E-state index in [0.29, 0.717) is 11.3 Å². The highest BCUT2D eigenvalue weighted by Gasteiger charge is 2.48. The summed E-state index contributed by atoms with van der Waals surface area (Å²) in [5.74, 6) is -0.908. The van der Waals surface area contributed by atoms with Gasteiger partial charge >= 0.3 is 0 Å². The van der Waals surface area contributed by atoms with Crippen LogP contribution in [0.1, 0.15) is 47.2 Å². The quantitative estimate of drug-likeness (QED) is 0.815. The van der Waals surface area contributed by atoms with E-state index in [1.165, 1.54) is 4.90 Å². The number of nitrogens with one attached hydrogen (secondary N) is 1. The van der Waals surface area contributed by atoms with Crippen LogP contribution in [0, 0.1) is 25.7 Å². The Hall–Kier alpha value is -2.95. The molecule has 1 saturated carbocycles. The molecule has 0 aromatic heterocycles. The van der Waals surface area contributed by atoms with E-state index < -0.39 is 0 Å². The predicted octanol–water partition coefficient (Wildman–Crippen LogP) is 4.24. The second-order valence-electron chi connectivity index (χ2n) is 7.89. The zero-order valence-corrected chi connectivity index (χ0v) is 16.2. The average Bonchev–Trinajstić information content (AvgIpc) is 2.92. The lowest BCUT2D eigenvalue weighted by Crippen LogP contribution is -2.31. The second kappa shape index (κ2) is 7.23. The Morgan fingerprint density at radius 3 is 2.14 bits per heavy atom. The van der Waals surface area contributed by atoms with Crippen LogP contribution in [-0.4, -0.2) is 17.7 Å². The van der Waals surface area contributed by atoms with E-state index in [9.17, 15) is 14.4 Å². The van der Waals surface area contributed by atoms with E-state index >= 15 is 0 Å². The second-order valence-corrected chi connectivity index (χ2v) is 7.89. The minimum absolute atomic E-state index is 0.124. The molecular formula is C23H24N2O3. The van der Waals surface area contributed by atoms with Gasteiger partial charge in [-0.1, -0.05) is 25.0 Å². The van der Waals surface area contributed by atoms with Gasteiger partial charge < -0.3 is 5.32 Å². The van der Waals surface area contributed by atoms with Gasteiger partial charge in [-0.25, -0.2) is 0 Å². The number of carbonyl (C=O) groups excluding carboxylic acids is 3. The van der Waals surface area contributed by atoms with E-state index in [2.05, 4.69) is 5.32 Å². The topological polar surface area (TPSA) is 66.5 Å². The van der Waals surface area contributed by atoms with E-state index in [0.717, 1.165) is 42.5 Å². The Kier molecular flexibility index (Phi) is 4.75. The minimum Gasteiger partial charge on any atom is -0.322 e. The molecule has 0 unspecified atom stereocenters. The zero-order valence-electron chi connectivity index (χ0n) is 16.2. The highest BCUT2D eigenvalue weighted by molar-refractivity contribution is 6.22. The third-order valence-corrected chi connectivity index (χ3v) is 5.69. The van der Waals surface area contributed by atoms with Crippen LogP contribution in [-0.2, 0) is 9.59 Å². The molecule has 1 heterocycles. The molecule has 2 aromatic carbocycles. The lowest BCUT2D eigenvalue weighted by molar-refractivity contribution is -0.122. The Morgan fingerprint density at radius 2 is 1.54 bits per heavy atom. The lowest BCUT2D eigenvalue weighted by Gasteiger charge is -2.19. The van der Waals surface area contributed by atoms with E-state index in [4.69, 9.17) is 0 Å². The first-order chi connectivity index (χ1) is 13.4. The van der Waals surface area contributed by atoms with Crippen molar-refractivity contribution in [1.82, 2.24) is 0 Å². The summed E-state index contributed by atoms with van der Waals surface area (Å²) in [4.78, 5) is 39.6. The van der Waals surface area contributed by atoms with Crippen LogP contribution in [0.25, 0.3) is 0 Å². The molecule has 1 aliphatic heterocycles. The Balaban J connectivity index is 1.58. The van der Waals surface area contributed by atoms with Crippen molar-refractivity contribution >= 4 is 29.1 Å². The lowest BCUT2D eigenvalue weighted by atomic mass is 9.81. The first kappa shape index (κ1) is 18.4. The number of amides is 3. The molecule has 0 radical (unpaired) electrons. The smallest absolute Gasteiger partial charge is 0.255 e. The van der Waals surface area contributed by atoms with Gasteiger partial charge in [0.2, 0.25) is 11.8 Å². The van der Waals surface area contributed by atoms with Crippen LogP contribution in [0.4, 0.5) is 11.4 Å². The maximum absolute atomic E-state index is 12.8. The van der Waals surface area contributed by atoms with Crippen LogP contribution in [0.3, 0.4) is 0 Å². The molecular weight excluding hydrogens is 352 g/mol. The minimum atomic E-state index is -0.261. The summed E-state index contributed by atoms with van der Waals surface area (Å²) < 4.78 is 0. The normalized spacial score (nSPS) is 21.6. The van der Waals surface area contributed by atoms with Gasteiger partial charge in [0.1, 0.15) is 0 Å². The van der Waals surface area contributed by atoms with Gasteiger partial charge in [0, 0.05) is 11.3 Å². The van der Waals surface area contributed by atoms with Gasteiger partial charge in [-0.05, 0) is 68.1 Å². The van der Waals surface area contributed by atoms with Crippen LogP contribution in [0.15, 0.2) is 42.5 Å². The Bertz CT molecular complexity index is 922. The summed E-state index contributed by atoms with van der Waals surface area (Å²) in [6.07, 6.45) is 3.54. The molecule has 5 heteroatoms. The van der Waals surface area contributed by atoms with Gasteiger partial charge in [0.25, 0.3) is 5.91 Å². The number of hydrogen-bond donors (Lipinski definition) is 1. The standard InChI is InChI=1S/C23H24N2O3/c1-14-10-15(2)12-17(11-14)24-21(26)16-6-5-7-18(13-16)25-22(27)19-8-3-4-9-20(19)23(25)28/h5-7,10-13,19-20H,3-4,8-9H2,1-2H3,(H,24,26)/t19-,20+. The molecule has 28 heavy (non-hydrogen) atoms. The first-order valence-electron chi connectivity index (χ1n) is 9.81. The van der Waals surface area contributed by atoms with Gasteiger partial charge in [0.15, 0.2) is 0 Å². The molecule has 1 saturated heterocycles. The van der Waals surface area contributed by atoms with Crippen LogP contribution < -0.4 is 10.2 Å². The van der Waals surface area contributed by atoms with Crippen molar-refractivity contribution in [2.75, 3.05) is 10.2 Å². The molecule has 1 N–H and O–H groups in total. The van der Waals surface area contributed by atoms with Gasteiger partial charge in [0.05, 0.1) is 17.5 Å². The van der Waals surface area contributed by atoms with Crippen molar-refractivity contribution in [2.24, 2.45) is 11.8 Å². The number of imide groups is 1. The summed E-state index contributed by atoms with van der Waals surface area (Å²) >= 11 is 0. The van der Waals surface area contributed by atoms with Gasteiger partial charge in [-0.2, -0.15) is 0 Å². The maximum atomic E-state index is 12.8. The summed E-state index contributed by atoms with van der Waals surface area (Å²) in [6, 6.07) is 12.6. The van der Waals surface area contributed by atoms with Crippen LogP contribution >= 0.6 is 0 Å². The van der Waals surface area contributed by atoms with Gasteiger partial charge in [-0.15, -0.1) is 0 Å². The molecule has 0 bridgehead atoms. The third kappa shape index (κ3) is 3.33. The molecule has 2 aromatic rings. The molecule has 144 valence electrons. The van der Waals surface area contributed by atoms with E-state index in [-0.39, 0.29) is 29.6 Å². The van der Waals surface area contributed by atoms with E-state index in [1.807, 2.05) is 32.0 Å². The molecule has 4 rings (SSSR count). The maximum Gasteiger partial charge on any atom is 0.255 e. The monoisotopic (exact) mass is 376 g/mol. The fourth-order valence-electron chi connectivity index (χ4n) is 4.45. The third-order valence-electron chi connectivity index (χ3n) is 5.69. The predicted molar refractivity (Wildman–Crippen MR) is 108 cm³/mol. The number of aryl methyl sites for hydroxylation is 2. The molecule has 1 aliphatic carbocycles. The summed E-state index contributed by atoms with van der Waals surface area (Å²) in [5, 5.41) is 2.90. The van der Waals surface area contributed by atoms with Crippen molar-refractivity contribution in [2.45, 2.75) is 39.5 Å². The number of hydrogen-bond acceptors (Lipinski definition) is 3. The van der Waals surface area contributed by atoms with Crippen molar-refractivity contribution in [3.63, 3.8) is 0 Å². The Morgan fingerprint density at radius 1 is 0.929 bits per heavy atom. The highest BCUT2D eigenvalue weighted by Crippen LogP contribution is 2.40. The van der Waals surface area contributed by atoms with Crippen molar-refractivity contribution in [3.8, 4) is 0 Å². The first-order valence-corrected chi connectivity index (χ1v) is 9.81. The summed E-state index contributed by atoms with van der Waals surface area (Å²) in [7, 11) is 0. The molecule has 0 spiro atoms. The van der Waals surface area contributed by atoms with Crippen molar-refractivity contribution in [1.29, 1.82) is 0 Å². The van der Waals surface area contributed by atoms with Crippen LogP contribution in [0.2, 0.25) is 0 Å². The SMILES string of the molecule is Cc1cc(C)cc(NC(=O)c2cccc(N3C(=O)[C@H]4CCCC[C@H]4C3=O)c2)c1.